The Morgan fingerprint density at radius 2 is 2.21 bits per heavy atom. The lowest BCUT2D eigenvalue weighted by Crippen LogP contribution is -2.56. The largest absolute Gasteiger partial charge is 0.384 e. The molecular formula is C20H26N2O2. The van der Waals surface area contributed by atoms with Crippen LogP contribution >= 0.6 is 0 Å². The smallest absolute Gasteiger partial charge is 0.0705 e. The number of hydrogen-bond acceptors (Lipinski definition) is 4. The predicted molar refractivity (Wildman–Crippen MR) is 94.9 cm³/mol. The molecule has 2 aromatic rings. The second kappa shape index (κ2) is 6.79. The van der Waals surface area contributed by atoms with Gasteiger partial charge < -0.3 is 9.47 Å². The summed E-state index contributed by atoms with van der Waals surface area (Å²) in [6.45, 7) is 4.72. The fourth-order valence-electron chi connectivity index (χ4n) is 4.44. The third kappa shape index (κ3) is 3.06. The second-order valence-corrected chi connectivity index (χ2v) is 7.25. The highest BCUT2D eigenvalue weighted by atomic mass is 16.5. The average Bonchev–Trinajstić information content (AvgIpc) is 2.61. The molecule has 4 rings (SSSR count). The van der Waals surface area contributed by atoms with Crippen LogP contribution in [-0.4, -0.2) is 49.4 Å². The van der Waals surface area contributed by atoms with Crippen LogP contribution in [0.15, 0.2) is 36.4 Å². The fraction of sp³-hybridized carbons (Fsp3) is 0.550. The minimum atomic E-state index is 0.155. The molecule has 0 amide bonds. The summed E-state index contributed by atoms with van der Waals surface area (Å²) < 4.78 is 11.6. The summed E-state index contributed by atoms with van der Waals surface area (Å²) in [5.41, 5.74) is 2.39. The van der Waals surface area contributed by atoms with Crippen molar-refractivity contribution >= 4 is 10.9 Å². The third-order valence-electron chi connectivity index (χ3n) is 5.54. The van der Waals surface area contributed by atoms with E-state index < -0.39 is 0 Å². The van der Waals surface area contributed by atoms with Crippen molar-refractivity contribution in [1.29, 1.82) is 0 Å². The number of hydrogen-bond donors (Lipinski definition) is 0. The van der Waals surface area contributed by atoms with Crippen molar-refractivity contribution in [2.45, 2.75) is 31.9 Å². The number of piperidine rings is 1. The van der Waals surface area contributed by atoms with Gasteiger partial charge in [0.25, 0.3) is 0 Å². The first-order valence-corrected chi connectivity index (χ1v) is 8.97. The van der Waals surface area contributed by atoms with Crippen LogP contribution < -0.4 is 0 Å². The molecule has 2 fully saturated rings. The lowest BCUT2D eigenvalue weighted by atomic mass is 9.73. The second-order valence-electron chi connectivity index (χ2n) is 7.25. The normalized spacial score (nSPS) is 28.0. The van der Waals surface area contributed by atoms with E-state index in [1.54, 1.807) is 0 Å². The highest BCUT2D eigenvalue weighted by Gasteiger charge is 2.45. The number of methoxy groups -OCH3 is 1. The molecule has 0 N–H and O–H groups in total. The Balaban J connectivity index is 1.51. The van der Waals surface area contributed by atoms with Crippen molar-refractivity contribution in [3.05, 3.63) is 42.1 Å². The van der Waals surface area contributed by atoms with Crippen molar-refractivity contribution in [3.8, 4) is 0 Å². The number of aromatic nitrogens is 1. The molecule has 0 spiro atoms. The number of benzene rings is 1. The maximum absolute atomic E-state index is 6.07. The zero-order chi connectivity index (χ0) is 16.4. The van der Waals surface area contributed by atoms with Gasteiger partial charge in [-0.2, -0.15) is 0 Å². The molecule has 2 aliphatic heterocycles. The summed E-state index contributed by atoms with van der Waals surface area (Å²) in [4.78, 5) is 7.37. The van der Waals surface area contributed by atoms with Crippen LogP contribution in [0.25, 0.3) is 10.9 Å². The van der Waals surface area contributed by atoms with Crippen molar-refractivity contribution in [1.82, 2.24) is 9.88 Å². The highest BCUT2D eigenvalue weighted by molar-refractivity contribution is 5.78. The number of rotatable bonds is 4. The van der Waals surface area contributed by atoms with Crippen LogP contribution in [0.5, 0.6) is 0 Å². The molecule has 1 aromatic heterocycles. The van der Waals surface area contributed by atoms with E-state index in [0.29, 0.717) is 6.10 Å². The van der Waals surface area contributed by atoms with E-state index in [9.17, 15) is 0 Å². The molecule has 0 aliphatic carbocycles. The summed E-state index contributed by atoms with van der Waals surface area (Å²) in [5.74, 6) is 0. The lowest BCUT2D eigenvalue weighted by molar-refractivity contribution is -0.149. The van der Waals surface area contributed by atoms with Crippen LogP contribution in [0.2, 0.25) is 0 Å². The van der Waals surface area contributed by atoms with E-state index in [-0.39, 0.29) is 5.41 Å². The van der Waals surface area contributed by atoms with Crippen molar-refractivity contribution < 1.29 is 9.47 Å². The van der Waals surface area contributed by atoms with Gasteiger partial charge in [-0.1, -0.05) is 24.3 Å². The molecule has 4 heteroatoms. The van der Waals surface area contributed by atoms with E-state index >= 15 is 0 Å². The zero-order valence-electron chi connectivity index (χ0n) is 14.4. The average molecular weight is 326 g/mol. The Bertz CT molecular complexity index is 701. The summed E-state index contributed by atoms with van der Waals surface area (Å²) in [7, 11) is 1.81. The number of para-hydroxylation sites is 1. The van der Waals surface area contributed by atoms with Gasteiger partial charge in [0.05, 0.1) is 23.9 Å². The Labute approximate surface area is 143 Å². The third-order valence-corrected chi connectivity index (χ3v) is 5.54. The van der Waals surface area contributed by atoms with Crippen molar-refractivity contribution in [3.63, 3.8) is 0 Å². The van der Waals surface area contributed by atoms with E-state index in [2.05, 4.69) is 41.3 Å². The van der Waals surface area contributed by atoms with Gasteiger partial charge in [-0.3, -0.25) is 9.88 Å². The molecule has 24 heavy (non-hydrogen) atoms. The summed E-state index contributed by atoms with van der Waals surface area (Å²) in [6, 6.07) is 12.7. The molecule has 2 unspecified atom stereocenters. The van der Waals surface area contributed by atoms with Crippen molar-refractivity contribution in [2.75, 3.05) is 33.4 Å². The number of fused-ring (bicyclic) bond motifs is 2. The maximum Gasteiger partial charge on any atom is 0.0705 e. The minimum absolute atomic E-state index is 0.155. The molecule has 0 radical (unpaired) electrons. The van der Waals surface area contributed by atoms with Crippen LogP contribution in [0.1, 0.15) is 25.0 Å². The Kier molecular flexibility index (Phi) is 4.53. The van der Waals surface area contributed by atoms with Crippen LogP contribution in [0.4, 0.5) is 0 Å². The molecule has 2 saturated heterocycles. The van der Waals surface area contributed by atoms with Gasteiger partial charge in [-0.25, -0.2) is 0 Å². The van der Waals surface area contributed by atoms with E-state index in [1.165, 1.54) is 11.8 Å². The molecule has 0 bridgehead atoms. The zero-order valence-corrected chi connectivity index (χ0v) is 14.4. The van der Waals surface area contributed by atoms with Crippen molar-refractivity contribution in [2.24, 2.45) is 5.41 Å². The number of pyridine rings is 1. The topological polar surface area (TPSA) is 34.6 Å². The number of nitrogens with zero attached hydrogens (tertiary/aromatic N) is 2. The van der Waals surface area contributed by atoms with Gasteiger partial charge in [0.15, 0.2) is 0 Å². The number of ether oxygens (including phenoxy) is 2. The maximum atomic E-state index is 6.07. The van der Waals surface area contributed by atoms with E-state index in [0.717, 1.165) is 56.9 Å². The van der Waals surface area contributed by atoms with Crippen LogP contribution in [0.3, 0.4) is 0 Å². The molecule has 4 nitrogen and oxygen atoms in total. The monoisotopic (exact) mass is 326 g/mol. The van der Waals surface area contributed by atoms with Gasteiger partial charge in [0, 0.05) is 44.2 Å². The first-order valence-electron chi connectivity index (χ1n) is 8.97. The standard InChI is InChI=1S/C20H26N2O2/c1-23-15-20-10-4-12-24-19(20)9-11-22(14-20)13-17-8-7-16-5-2-3-6-18(16)21-17/h2-3,5-8,19H,4,9-15H2,1H3. The lowest BCUT2D eigenvalue weighted by Gasteiger charge is -2.50. The van der Waals surface area contributed by atoms with E-state index in [4.69, 9.17) is 14.5 Å². The van der Waals surface area contributed by atoms with Crippen LogP contribution in [0, 0.1) is 5.41 Å². The molecule has 128 valence electrons. The SMILES string of the molecule is COCC12CCCOC1CCN(Cc1ccc3ccccc3n1)C2. The molecule has 1 aromatic carbocycles. The van der Waals surface area contributed by atoms with Gasteiger partial charge in [-0.15, -0.1) is 0 Å². The Morgan fingerprint density at radius 3 is 3.12 bits per heavy atom. The van der Waals surface area contributed by atoms with Gasteiger partial charge in [0.2, 0.25) is 0 Å². The highest BCUT2D eigenvalue weighted by Crippen LogP contribution is 2.40. The Morgan fingerprint density at radius 1 is 1.29 bits per heavy atom. The summed E-state index contributed by atoms with van der Waals surface area (Å²) in [5, 5.41) is 1.21. The first kappa shape index (κ1) is 16.0. The fourth-order valence-corrected chi connectivity index (χ4v) is 4.44. The Hall–Kier alpha value is -1.49. The summed E-state index contributed by atoms with van der Waals surface area (Å²) in [6.07, 6.45) is 3.79. The molecular weight excluding hydrogens is 300 g/mol. The van der Waals surface area contributed by atoms with E-state index in [1.807, 2.05) is 7.11 Å². The summed E-state index contributed by atoms with van der Waals surface area (Å²) >= 11 is 0. The van der Waals surface area contributed by atoms with Crippen LogP contribution in [-0.2, 0) is 16.0 Å². The predicted octanol–water partition coefficient (Wildman–Crippen LogP) is 3.25. The van der Waals surface area contributed by atoms with Gasteiger partial charge in [0.1, 0.15) is 0 Å². The molecule has 2 atom stereocenters. The first-order chi connectivity index (χ1) is 11.8. The molecule has 2 aliphatic rings. The molecule has 0 saturated carbocycles. The minimum Gasteiger partial charge on any atom is -0.384 e. The molecule has 3 heterocycles. The van der Waals surface area contributed by atoms with Gasteiger partial charge >= 0.3 is 0 Å². The number of likely N-dealkylation sites (tertiary alicyclic amines) is 1. The quantitative estimate of drug-likeness (QED) is 0.864. The van der Waals surface area contributed by atoms with Gasteiger partial charge in [-0.05, 0) is 31.4 Å².